The van der Waals surface area contributed by atoms with Gasteiger partial charge in [0.2, 0.25) is 0 Å². The fraction of sp³-hybridized carbons (Fsp3) is 0.333. The summed E-state index contributed by atoms with van der Waals surface area (Å²) in [6, 6.07) is 4.67. The Morgan fingerprint density at radius 3 is 2.10 bits per heavy atom. The lowest BCUT2D eigenvalue weighted by Crippen LogP contribution is -2.46. The second-order valence-corrected chi connectivity index (χ2v) is 4.93. The van der Waals surface area contributed by atoms with Gasteiger partial charge in [0, 0.05) is 12.1 Å². The van der Waals surface area contributed by atoms with Crippen molar-refractivity contribution in [1.82, 2.24) is 5.06 Å². The number of carboxylic acid groups (broad SMARTS) is 1. The molecule has 0 aliphatic rings. The lowest BCUT2D eigenvalue weighted by atomic mass is 10.1. The molecule has 108 valence electrons. The molecule has 0 radical (unpaired) electrons. The number of hydrogen-bond donors (Lipinski definition) is 1. The van der Waals surface area contributed by atoms with Gasteiger partial charge in [0.25, 0.3) is 5.69 Å². The van der Waals surface area contributed by atoms with E-state index in [2.05, 4.69) is 0 Å². The molecule has 0 saturated carbocycles. The van der Waals surface area contributed by atoms with Gasteiger partial charge in [-0.2, -0.15) is 0 Å². The van der Waals surface area contributed by atoms with Gasteiger partial charge in [0.15, 0.2) is 0 Å². The number of nitrogens with zero attached hydrogens (tertiary/aromatic N) is 2. The summed E-state index contributed by atoms with van der Waals surface area (Å²) in [5.74, 6) is -0.905. The van der Waals surface area contributed by atoms with Crippen LogP contribution in [0.2, 0.25) is 0 Å². The largest absolute Gasteiger partial charge is 0.463 e. The van der Waals surface area contributed by atoms with Crippen molar-refractivity contribution in [2.75, 3.05) is 0 Å². The van der Waals surface area contributed by atoms with Crippen LogP contribution in [0.3, 0.4) is 0 Å². The van der Waals surface area contributed by atoms with Crippen molar-refractivity contribution < 1.29 is 24.5 Å². The van der Waals surface area contributed by atoms with E-state index >= 15 is 0 Å². The van der Waals surface area contributed by atoms with Crippen LogP contribution in [-0.4, -0.2) is 32.7 Å². The molecule has 1 N–H and O–H groups in total. The molecule has 8 nitrogen and oxygen atoms in total. The standard InChI is InChI=1S/C12H14N2O6/c1-12(2,3)13(11(16)17)20-10(15)8-4-6-9(7-5-8)14(18)19/h4-7H,1-3H3,(H,16,17). The van der Waals surface area contributed by atoms with Gasteiger partial charge >= 0.3 is 12.1 Å². The van der Waals surface area contributed by atoms with Crippen molar-refractivity contribution in [3.63, 3.8) is 0 Å². The summed E-state index contributed by atoms with van der Waals surface area (Å²) in [4.78, 5) is 37.5. The van der Waals surface area contributed by atoms with E-state index in [1.54, 1.807) is 20.8 Å². The quantitative estimate of drug-likeness (QED) is 0.659. The van der Waals surface area contributed by atoms with Gasteiger partial charge in [-0.1, -0.05) is 0 Å². The van der Waals surface area contributed by atoms with Crippen molar-refractivity contribution in [3.05, 3.63) is 39.9 Å². The average molecular weight is 282 g/mol. The molecule has 0 aliphatic heterocycles. The van der Waals surface area contributed by atoms with Crippen LogP contribution >= 0.6 is 0 Å². The van der Waals surface area contributed by atoms with Crippen LogP contribution in [0.4, 0.5) is 10.5 Å². The molecule has 20 heavy (non-hydrogen) atoms. The monoisotopic (exact) mass is 282 g/mol. The Kier molecular flexibility index (Phi) is 4.28. The maximum absolute atomic E-state index is 11.8. The van der Waals surface area contributed by atoms with Crippen LogP contribution in [0.1, 0.15) is 31.1 Å². The number of amides is 1. The van der Waals surface area contributed by atoms with Crippen LogP contribution in [-0.2, 0) is 4.84 Å². The number of carbonyl (C=O) groups is 2. The highest BCUT2D eigenvalue weighted by atomic mass is 16.7. The summed E-state index contributed by atoms with van der Waals surface area (Å²) in [5.41, 5.74) is -1.08. The smallest absolute Gasteiger partial charge is 0.441 e. The van der Waals surface area contributed by atoms with Crippen LogP contribution < -0.4 is 0 Å². The highest BCUT2D eigenvalue weighted by Gasteiger charge is 2.31. The van der Waals surface area contributed by atoms with E-state index in [0.717, 1.165) is 12.1 Å². The molecule has 0 aliphatic carbocycles. The number of hydroxylamine groups is 2. The predicted molar refractivity (Wildman–Crippen MR) is 68.1 cm³/mol. The van der Waals surface area contributed by atoms with E-state index in [4.69, 9.17) is 9.94 Å². The minimum Gasteiger partial charge on any atom is -0.463 e. The molecular weight excluding hydrogens is 268 g/mol. The summed E-state index contributed by atoms with van der Waals surface area (Å²) in [7, 11) is 0. The van der Waals surface area contributed by atoms with Crippen LogP contribution in [0.5, 0.6) is 0 Å². The molecule has 0 fully saturated rings. The molecule has 0 saturated heterocycles. The summed E-state index contributed by atoms with van der Waals surface area (Å²) in [5, 5.41) is 20.0. The summed E-state index contributed by atoms with van der Waals surface area (Å²) < 4.78 is 0. The topological polar surface area (TPSA) is 110 Å². The second kappa shape index (κ2) is 5.55. The Labute approximate surface area is 114 Å². The van der Waals surface area contributed by atoms with Gasteiger partial charge < -0.3 is 9.94 Å². The highest BCUT2D eigenvalue weighted by molar-refractivity contribution is 5.90. The third kappa shape index (κ3) is 3.67. The summed E-state index contributed by atoms with van der Waals surface area (Å²) >= 11 is 0. The van der Waals surface area contributed by atoms with E-state index < -0.39 is 22.5 Å². The molecule has 1 aromatic rings. The number of carbonyl (C=O) groups excluding carboxylic acids is 1. The van der Waals surface area contributed by atoms with Crippen molar-refractivity contribution in [2.24, 2.45) is 0 Å². The van der Waals surface area contributed by atoms with Crippen molar-refractivity contribution in [2.45, 2.75) is 26.3 Å². The molecule has 0 atom stereocenters. The number of non-ortho nitro benzene ring substituents is 1. The normalized spacial score (nSPS) is 10.8. The Bertz CT molecular complexity index is 532. The van der Waals surface area contributed by atoms with Gasteiger partial charge in [0.1, 0.15) is 0 Å². The maximum Gasteiger partial charge on any atom is 0.441 e. The first kappa shape index (κ1) is 15.4. The zero-order valence-corrected chi connectivity index (χ0v) is 11.2. The SMILES string of the molecule is CC(C)(C)N(OC(=O)c1ccc([N+](=O)[O-])cc1)C(=O)O. The fourth-order valence-electron chi connectivity index (χ4n) is 1.32. The molecule has 0 spiro atoms. The first-order valence-corrected chi connectivity index (χ1v) is 5.63. The van der Waals surface area contributed by atoms with E-state index in [-0.39, 0.29) is 11.3 Å². The molecule has 0 bridgehead atoms. The van der Waals surface area contributed by atoms with Gasteiger partial charge in [-0.15, -0.1) is 5.06 Å². The molecule has 0 aromatic heterocycles. The predicted octanol–water partition coefficient (Wildman–Crippen LogP) is 2.45. The third-order valence-electron chi connectivity index (χ3n) is 2.27. The number of benzene rings is 1. The third-order valence-corrected chi connectivity index (χ3v) is 2.27. The fourth-order valence-corrected chi connectivity index (χ4v) is 1.32. The number of nitro benzene ring substituents is 1. The van der Waals surface area contributed by atoms with Gasteiger partial charge in [-0.05, 0) is 32.9 Å². The van der Waals surface area contributed by atoms with Gasteiger partial charge in [0.05, 0.1) is 16.0 Å². The van der Waals surface area contributed by atoms with E-state index in [1.807, 2.05) is 0 Å². The molecule has 1 aromatic carbocycles. The molecule has 0 heterocycles. The first-order chi connectivity index (χ1) is 9.12. The Morgan fingerprint density at radius 2 is 1.75 bits per heavy atom. The minimum absolute atomic E-state index is 0.0195. The van der Waals surface area contributed by atoms with Crippen molar-refractivity contribution in [1.29, 1.82) is 0 Å². The summed E-state index contributed by atoms with van der Waals surface area (Å²) in [6.07, 6.45) is -1.41. The summed E-state index contributed by atoms with van der Waals surface area (Å²) in [6.45, 7) is 4.68. The lowest BCUT2D eigenvalue weighted by Gasteiger charge is -2.30. The molecule has 1 rings (SSSR count). The number of hydrogen-bond acceptors (Lipinski definition) is 5. The number of nitro groups is 1. The zero-order chi connectivity index (χ0) is 15.5. The Morgan fingerprint density at radius 1 is 1.25 bits per heavy atom. The Balaban J connectivity index is 2.90. The first-order valence-electron chi connectivity index (χ1n) is 5.63. The highest BCUT2D eigenvalue weighted by Crippen LogP contribution is 2.17. The van der Waals surface area contributed by atoms with Gasteiger partial charge in [-0.3, -0.25) is 10.1 Å². The molecular formula is C12H14N2O6. The van der Waals surface area contributed by atoms with Crippen LogP contribution in [0.25, 0.3) is 0 Å². The van der Waals surface area contributed by atoms with E-state index in [0.29, 0.717) is 5.06 Å². The minimum atomic E-state index is -1.41. The average Bonchev–Trinajstić information content (AvgIpc) is 2.33. The molecule has 0 unspecified atom stereocenters. The Hall–Kier alpha value is -2.64. The maximum atomic E-state index is 11.8. The van der Waals surface area contributed by atoms with E-state index in [9.17, 15) is 19.7 Å². The molecule has 8 heteroatoms. The van der Waals surface area contributed by atoms with Gasteiger partial charge in [-0.25, -0.2) is 9.59 Å². The molecule has 1 amide bonds. The van der Waals surface area contributed by atoms with Crippen molar-refractivity contribution in [3.8, 4) is 0 Å². The second-order valence-electron chi connectivity index (χ2n) is 4.93. The number of rotatable bonds is 2. The van der Waals surface area contributed by atoms with Crippen LogP contribution in [0.15, 0.2) is 24.3 Å². The van der Waals surface area contributed by atoms with Crippen LogP contribution in [0, 0.1) is 10.1 Å². The lowest BCUT2D eigenvalue weighted by molar-refractivity contribution is -0.384. The van der Waals surface area contributed by atoms with Crippen molar-refractivity contribution >= 4 is 17.7 Å². The zero-order valence-electron chi connectivity index (χ0n) is 11.2. The van der Waals surface area contributed by atoms with E-state index in [1.165, 1.54) is 12.1 Å².